The number of nitrogens with two attached hydrogens (primary N) is 1. The van der Waals surface area contributed by atoms with E-state index < -0.39 is 21.8 Å². The first-order valence-electron chi connectivity index (χ1n) is 6.48. The highest BCUT2D eigenvalue weighted by molar-refractivity contribution is 7.82. The zero-order valence-electron chi connectivity index (χ0n) is 9.91. The lowest BCUT2D eigenvalue weighted by Crippen LogP contribution is -2.70. The molecule has 4 saturated carbocycles. The third-order valence-corrected chi connectivity index (χ3v) is 6.46. The van der Waals surface area contributed by atoms with Crippen LogP contribution in [0.2, 0.25) is 0 Å². The van der Waals surface area contributed by atoms with E-state index in [1.54, 1.807) is 0 Å². The zero-order chi connectivity index (χ0) is 12.8. The smallest absolute Gasteiger partial charge is 0.362 e. The van der Waals surface area contributed by atoms with Crippen molar-refractivity contribution >= 4 is 10.4 Å². The lowest BCUT2D eigenvalue weighted by atomic mass is 9.47. The Morgan fingerprint density at radius 3 is 2.78 bits per heavy atom. The van der Waals surface area contributed by atoms with Crippen molar-refractivity contribution in [2.24, 2.45) is 29.4 Å². The molecule has 1 spiro atoms. The Morgan fingerprint density at radius 2 is 2.06 bits per heavy atom. The normalized spacial score (nSPS) is 59.9. The van der Waals surface area contributed by atoms with Crippen molar-refractivity contribution in [3.63, 3.8) is 0 Å². The Labute approximate surface area is 106 Å². The fraction of sp³-hybridized carbons (Fsp3) is 1.00. The largest absolute Gasteiger partial charge is 0.403 e. The third-order valence-electron chi connectivity index (χ3n) is 5.47. The Kier molecular flexibility index (Phi) is 1.99. The van der Waals surface area contributed by atoms with Gasteiger partial charge in [0, 0.05) is 5.92 Å². The fourth-order valence-corrected chi connectivity index (χ4v) is 6.27. The van der Waals surface area contributed by atoms with Crippen molar-refractivity contribution in [3.8, 4) is 0 Å². The number of rotatable bonds is 1. The minimum absolute atomic E-state index is 0.136. The van der Waals surface area contributed by atoms with Crippen molar-refractivity contribution in [2.75, 3.05) is 6.54 Å². The quantitative estimate of drug-likeness (QED) is 0.683. The van der Waals surface area contributed by atoms with Crippen LogP contribution < -0.4 is 5.73 Å². The van der Waals surface area contributed by atoms with Crippen molar-refractivity contribution in [2.45, 2.75) is 37.1 Å². The molecule has 18 heavy (non-hydrogen) atoms. The van der Waals surface area contributed by atoms with Gasteiger partial charge in [-0.2, -0.15) is 8.42 Å². The van der Waals surface area contributed by atoms with Gasteiger partial charge in [0.05, 0.1) is 0 Å². The molecular weight excluding hydrogens is 258 g/mol. The van der Waals surface area contributed by atoms with Gasteiger partial charge >= 0.3 is 10.4 Å². The van der Waals surface area contributed by atoms with Gasteiger partial charge < -0.3 is 10.8 Å². The summed E-state index contributed by atoms with van der Waals surface area (Å²) in [6.45, 7) is 0.462. The van der Waals surface area contributed by atoms with E-state index in [2.05, 4.69) is 0 Å². The van der Waals surface area contributed by atoms with E-state index >= 15 is 0 Å². The number of hydrogen-bond donors (Lipinski definition) is 2. The van der Waals surface area contributed by atoms with E-state index in [-0.39, 0.29) is 11.8 Å². The lowest BCUT2D eigenvalue weighted by Gasteiger charge is -2.62. The summed E-state index contributed by atoms with van der Waals surface area (Å²) in [5, 5.41) is 10.8. The molecule has 102 valence electrons. The third kappa shape index (κ3) is 1.15. The van der Waals surface area contributed by atoms with E-state index in [4.69, 9.17) is 14.1 Å². The highest BCUT2D eigenvalue weighted by Gasteiger charge is 2.76. The Hall–Kier alpha value is -0.210. The van der Waals surface area contributed by atoms with Crippen LogP contribution in [0.1, 0.15) is 25.7 Å². The summed E-state index contributed by atoms with van der Waals surface area (Å²) < 4.78 is 33.4. The second-order valence-corrected chi connectivity index (χ2v) is 7.43. The molecule has 0 aromatic carbocycles. The van der Waals surface area contributed by atoms with Gasteiger partial charge in [0.25, 0.3) is 0 Å². The molecule has 6 nitrogen and oxygen atoms in total. The molecule has 0 amide bonds. The molecule has 4 bridgehead atoms. The van der Waals surface area contributed by atoms with Crippen LogP contribution in [-0.4, -0.2) is 31.5 Å². The monoisotopic (exact) mass is 275 g/mol. The number of hydrogen-bond acceptors (Lipinski definition) is 6. The average Bonchev–Trinajstić information content (AvgIpc) is 2.44. The van der Waals surface area contributed by atoms with E-state index in [0.717, 1.165) is 12.8 Å². The SMILES string of the molecule is NCC1C2CC3CC1C1(O)OS(=O)(=O)OC1(C3)C2. The van der Waals surface area contributed by atoms with Gasteiger partial charge in [-0.3, -0.25) is 0 Å². The van der Waals surface area contributed by atoms with Crippen LogP contribution in [0.5, 0.6) is 0 Å². The van der Waals surface area contributed by atoms with Crippen LogP contribution in [-0.2, 0) is 18.8 Å². The summed E-state index contributed by atoms with van der Waals surface area (Å²) >= 11 is 0. The van der Waals surface area contributed by atoms with Crippen LogP contribution in [0.25, 0.3) is 0 Å². The summed E-state index contributed by atoms with van der Waals surface area (Å²) in [5.41, 5.74) is 4.76. The van der Waals surface area contributed by atoms with E-state index in [1.807, 2.05) is 0 Å². The van der Waals surface area contributed by atoms with Crippen LogP contribution in [0.15, 0.2) is 0 Å². The van der Waals surface area contributed by atoms with Gasteiger partial charge in [-0.05, 0) is 50.0 Å². The minimum Gasteiger partial charge on any atom is -0.362 e. The van der Waals surface area contributed by atoms with Gasteiger partial charge in [-0.1, -0.05) is 0 Å². The predicted molar refractivity (Wildman–Crippen MR) is 60.3 cm³/mol. The maximum absolute atomic E-state index is 11.6. The molecule has 0 aromatic rings. The number of aliphatic hydroxyl groups is 1. The summed E-state index contributed by atoms with van der Waals surface area (Å²) in [7, 11) is -4.08. The second kappa shape index (κ2) is 3.09. The molecule has 0 radical (unpaired) electrons. The average molecular weight is 275 g/mol. The molecule has 6 unspecified atom stereocenters. The van der Waals surface area contributed by atoms with Crippen LogP contribution in [0.3, 0.4) is 0 Å². The highest BCUT2D eigenvalue weighted by atomic mass is 32.3. The van der Waals surface area contributed by atoms with Gasteiger partial charge in [-0.15, -0.1) is 0 Å². The molecule has 7 heteroatoms. The molecule has 1 heterocycles. The first kappa shape index (κ1) is 11.6. The first-order valence-corrected chi connectivity index (χ1v) is 7.81. The first-order chi connectivity index (χ1) is 8.39. The van der Waals surface area contributed by atoms with Crippen LogP contribution in [0, 0.1) is 23.7 Å². The molecule has 0 aromatic heterocycles. The summed E-state index contributed by atoms with van der Waals surface area (Å²) in [6, 6.07) is 0. The van der Waals surface area contributed by atoms with Crippen LogP contribution >= 0.6 is 0 Å². The second-order valence-electron chi connectivity index (χ2n) is 6.28. The van der Waals surface area contributed by atoms with Crippen molar-refractivity contribution in [1.82, 2.24) is 0 Å². The summed E-state index contributed by atoms with van der Waals surface area (Å²) in [4.78, 5) is 0. The molecule has 5 aliphatic rings. The molecule has 1 aliphatic heterocycles. The Bertz CT molecular complexity index is 508. The molecule has 5 fully saturated rings. The van der Waals surface area contributed by atoms with Gasteiger partial charge in [0.1, 0.15) is 5.60 Å². The van der Waals surface area contributed by atoms with Gasteiger partial charge in [0.2, 0.25) is 5.79 Å². The molecule has 5 rings (SSSR count). The predicted octanol–water partition coefficient (Wildman–Crippen LogP) is -0.270. The minimum atomic E-state index is -4.08. The summed E-state index contributed by atoms with van der Waals surface area (Å²) in [5.74, 6) is -0.996. The Morgan fingerprint density at radius 1 is 1.28 bits per heavy atom. The topological polar surface area (TPSA) is 98.9 Å². The van der Waals surface area contributed by atoms with Crippen molar-refractivity contribution in [1.29, 1.82) is 0 Å². The Balaban J connectivity index is 1.87. The molecule has 1 saturated heterocycles. The molecular formula is C11H17NO5S. The van der Waals surface area contributed by atoms with E-state index in [1.165, 1.54) is 0 Å². The molecule has 3 N–H and O–H groups in total. The van der Waals surface area contributed by atoms with E-state index in [9.17, 15) is 13.5 Å². The standard InChI is InChI=1S/C11H17NO5S/c12-5-8-7-1-6-2-9(8)11(13)10(3-6,4-7)16-18(14,15)17-11/h6-9,13H,1-5,12H2. The van der Waals surface area contributed by atoms with Crippen LogP contribution in [0.4, 0.5) is 0 Å². The van der Waals surface area contributed by atoms with Gasteiger partial charge in [0.15, 0.2) is 0 Å². The lowest BCUT2D eigenvalue weighted by molar-refractivity contribution is -0.319. The van der Waals surface area contributed by atoms with E-state index in [0.29, 0.717) is 31.2 Å². The van der Waals surface area contributed by atoms with Gasteiger partial charge in [-0.25, -0.2) is 8.37 Å². The zero-order valence-corrected chi connectivity index (χ0v) is 10.7. The summed E-state index contributed by atoms with van der Waals surface area (Å²) in [6.07, 6.45) is 2.97. The molecule has 6 atom stereocenters. The maximum atomic E-state index is 11.6. The fourth-order valence-electron chi connectivity index (χ4n) is 5.01. The molecule has 4 aliphatic carbocycles. The maximum Gasteiger partial charge on any atom is 0.403 e. The van der Waals surface area contributed by atoms with Crippen molar-refractivity contribution < 1.29 is 21.9 Å². The van der Waals surface area contributed by atoms with Crippen molar-refractivity contribution in [3.05, 3.63) is 0 Å². The highest BCUT2D eigenvalue weighted by Crippen LogP contribution is 2.66.